The van der Waals surface area contributed by atoms with Crippen molar-refractivity contribution in [2.24, 2.45) is 11.8 Å². The molecule has 0 spiro atoms. The van der Waals surface area contributed by atoms with Crippen LogP contribution >= 0.6 is 11.8 Å². The van der Waals surface area contributed by atoms with Crippen molar-refractivity contribution in [2.75, 3.05) is 28.7 Å². The summed E-state index contributed by atoms with van der Waals surface area (Å²) in [6.07, 6.45) is 6.21. The lowest BCUT2D eigenvalue weighted by Crippen LogP contribution is -2.22. The average Bonchev–Trinajstić information content (AvgIpc) is 3.39. The molecule has 2 saturated heterocycles. The summed E-state index contributed by atoms with van der Waals surface area (Å²) in [4.78, 5) is 9.99. The van der Waals surface area contributed by atoms with E-state index in [0.717, 1.165) is 24.0 Å². The fourth-order valence-corrected chi connectivity index (χ4v) is 6.54. The summed E-state index contributed by atoms with van der Waals surface area (Å²) < 4.78 is 25.3. The van der Waals surface area contributed by atoms with Crippen LogP contribution in [0.2, 0.25) is 0 Å². The Morgan fingerprint density at radius 1 is 1.26 bits per heavy atom. The zero-order valence-electron chi connectivity index (χ0n) is 15.1. The molecule has 0 saturated carbocycles. The van der Waals surface area contributed by atoms with E-state index < -0.39 is 9.84 Å². The Hall–Kier alpha value is -1.80. The summed E-state index contributed by atoms with van der Waals surface area (Å²) in [5, 5.41) is 4.28. The molecule has 2 aliphatic heterocycles. The molecule has 4 rings (SSSR count). The number of aromatic nitrogens is 2. The number of sulfone groups is 1. The number of hydrogen-bond acceptors (Lipinski definition) is 6. The highest BCUT2D eigenvalue weighted by atomic mass is 32.2. The number of thioether (sulfide) groups is 1. The monoisotopic (exact) mass is 407 g/mol. The minimum Gasteiger partial charge on any atom is -0.396 e. The van der Waals surface area contributed by atoms with Gasteiger partial charge in [0.2, 0.25) is 0 Å². The second-order valence-corrected chi connectivity index (χ2v) is 10.4. The van der Waals surface area contributed by atoms with E-state index in [9.17, 15) is 13.2 Å². The van der Waals surface area contributed by atoms with Crippen LogP contribution in [0.4, 0.5) is 5.69 Å². The number of nitrogens with two attached hydrogens (primary N) is 1. The van der Waals surface area contributed by atoms with Gasteiger partial charge in [0.1, 0.15) is 6.29 Å². The summed E-state index contributed by atoms with van der Waals surface area (Å²) in [6, 6.07) is 9.80. The number of nitrogen functional groups attached to an aromatic ring is 1. The van der Waals surface area contributed by atoms with Gasteiger partial charge in [-0.3, -0.25) is 4.68 Å². The first-order valence-corrected chi connectivity index (χ1v) is 12.0. The summed E-state index contributed by atoms with van der Waals surface area (Å²) in [5.74, 6) is 3.14. The first-order valence-electron chi connectivity index (χ1n) is 9.06. The molecule has 2 aliphatic rings. The maximum Gasteiger partial charge on any atom is 0.150 e. The summed E-state index contributed by atoms with van der Waals surface area (Å²) in [7, 11) is -2.92. The SMILES string of the molecule is Nc1cnn(C(c2ccccc2)C2CCS(=O)(=O)C2)c1.O=CC1CCSC1. The molecule has 2 N–H and O–H groups in total. The molecule has 3 atom stereocenters. The van der Waals surface area contributed by atoms with Gasteiger partial charge in [0.05, 0.1) is 29.4 Å². The van der Waals surface area contributed by atoms with Crippen molar-refractivity contribution in [2.45, 2.75) is 18.9 Å². The number of carbonyl (C=O) groups excluding carboxylic acids is 1. The molecule has 3 unspecified atom stereocenters. The van der Waals surface area contributed by atoms with Gasteiger partial charge in [-0.25, -0.2) is 8.42 Å². The van der Waals surface area contributed by atoms with Gasteiger partial charge in [-0.15, -0.1) is 0 Å². The standard InChI is InChI=1S/C14H17N3O2S.C5H8OS/c15-13-8-16-17(9-13)14(11-4-2-1-3-5-11)12-6-7-20(18,19)10-12;6-3-5-1-2-7-4-5/h1-5,8-9,12,14H,6-7,10,15H2;3,5H,1-2,4H2. The van der Waals surface area contributed by atoms with Gasteiger partial charge in [-0.1, -0.05) is 30.3 Å². The van der Waals surface area contributed by atoms with Crippen LogP contribution < -0.4 is 5.73 Å². The van der Waals surface area contributed by atoms with Crippen LogP contribution in [0, 0.1) is 11.8 Å². The zero-order valence-corrected chi connectivity index (χ0v) is 16.7. The van der Waals surface area contributed by atoms with Gasteiger partial charge in [0.25, 0.3) is 0 Å². The molecule has 27 heavy (non-hydrogen) atoms. The normalized spacial score (nSPS) is 24.7. The predicted octanol–water partition coefficient (Wildman–Crippen LogP) is 2.43. The molecule has 0 amide bonds. The van der Waals surface area contributed by atoms with E-state index in [1.165, 1.54) is 5.75 Å². The number of carbonyl (C=O) groups is 1. The highest BCUT2D eigenvalue weighted by Crippen LogP contribution is 2.34. The fraction of sp³-hybridized carbons (Fsp3) is 0.474. The van der Waals surface area contributed by atoms with Crippen molar-refractivity contribution in [1.82, 2.24) is 9.78 Å². The van der Waals surface area contributed by atoms with Crippen molar-refractivity contribution in [3.05, 3.63) is 48.3 Å². The molecule has 1 aromatic heterocycles. The first kappa shape index (κ1) is 19.9. The van der Waals surface area contributed by atoms with E-state index >= 15 is 0 Å². The average molecular weight is 408 g/mol. The maximum absolute atomic E-state index is 11.8. The zero-order chi connectivity index (χ0) is 19.3. The second-order valence-electron chi connectivity index (χ2n) is 7.03. The Kier molecular flexibility index (Phi) is 6.59. The number of anilines is 1. The van der Waals surface area contributed by atoms with Crippen LogP contribution in [-0.4, -0.2) is 47.5 Å². The van der Waals surface area contributed by atoms with Gasteiger partial charge in [0, 0.05) is 23.8 Å². The Morgan fingerprint density at radius 2 is 2.04 bits per heavy atom. The molecule has 1 aromatic carbocycles. The minimum absolute atomic E-state index is 0.0432. The van der Waals surface area contributed by atoms with Crippen LogP contribution in [0.5, 0.6) is 0 Å². The Bertz CT molecular complexity index is 846. The van der Waals surface area contributed by atoms with Crippen molar-refractivity contribution in [1.29, 1.82) is 0 Å². The number of nitrogens with zero attached hydrogens (tertiary/aromatic N) is 2. The highest BCUT2D eigenvalue weighted by Gasteiger charge is 2.35. The van der Waals surface area contributed by atoms with E-state index in [-0.39, 0.29) is 23.5 Å². The lowest BCUT2D eigenvalue weighted by molar-refractivity contribution is -0.110. The molecule has 3 heterocycles. The smallest absolute Gasteiger partial charge is 0.150 e. The predicted molar refractivity (Wildman–Crippen MR) is 109 cm³/mol. The third kappa shape index (κ3) is 5.35. The maximum atomic E-state index is 11.8. The van der Waals surface area contributed by atoms with Crippen molar-refractivity contribution in [3.63, 3.8) is 0 Å². The lowest BCUT2D eigenvalue weighted by atomic mass is 9.92. The van der Waals surface area contributed by atoms with Gasteiger partial charge in [-0.2, -0.15) is 16.9 Å². The van der Waals surface area contributed by atoms with Crippen LogP contribution in [0.25, 0.3) is 0 Å². The molecule has 0 bridgehead atoms. The van der Waals surface area contributed by atoms with E-state index in [2.05, 4.69) is 5.10 Å². The lowest BCUT2D eigenvalue weighted by Gasteiger charge is -2.23. The van der Waals surface area contributed by atoms with Crippen molar-refractivity contribution >= 4 is 33.6 Å². The molecule has 2 aromatic rings. The number of benzene rings is 1. The molecular formula is C19H25N3O3S2. The van der Waals surface area contributed by atoms with Gasteiger partial charge < -0.3 is 10.5 Å². The summed E-state index contributed by atoms with van der Waals surface area (Å²) >= 11 is 1.88. The molecule has 6 nitrogen and oxygen atoms in total. The Labute approximate surface area is 164 Å². The van der Waals surface area contributed by atoms with E-state index in [4.69, 9.17) is 5.73 Å². The number of rotatable bonds is 4. The molecule has 0 radical (unpaired) electrons. The highest BCUT2D eigenvalue weighted by molar-refractivity contribution is 7.99. The van der Waals surface area contributed by atoms with Gasteiger partial charge in [-0.05, 0) is 24.2 Å². The summed E-state index contributed by atoms with van der Waals surface area (Å²) in [5.41, 5.74) is 7.40. The van der Waals surface area contributed by atoms with E-state index in [0.29, 0.717) is 18.0 Å². The van der Waals surface area contributed by atoms with Gasteiger partial charge >= 0.3 is 0 Å². The molecular weight excluding hydrogens is 382 g/mol. The first-order chi connectivity index (χ1) is 13.0. The molecule has 2 fully saturated rings. The van der Waals surface area contributed by atoms with Crippen LogP contribution in [0.3, 0.4) is 0 Å². The summed E-state index contributed by atoms with van der Waals surface area (Å²) in [6.45, 7) is 0. The largest absolute Gasteiger partial charge is 0.396 e. The number of aldehydes is 1. The number of hydrogen-bond donors (Lipinski definition) is 1. The Morgan fingerprint density at radius 3 is 2.52 bits per heavy atom. The van der Waals surface area contributed by atoms with Gasteiger partial charge in [0.15, 0.2) is 9.84 Å². The third-order valence-electron chi connectivity index (χ3n) is 4.92. The quantitative estimate of drug-likeness (QED) is 0.782. The minimum atomic E-state index is -2.92. The topological polar surface area (TPSA) is 95.0 Å². The molecule has 8 heteroatoms. The van der Waals surface area contributed by atoms with E-state index in [1.54, 1.807) is 17.1 Å². The molecule has 0 aliphatic carbocycles. The van der Waals surface area contributed by atoms with Crippen molar-refractivity contribution in [3.8, 4) is 0 Å². The van der Waals surface area contributed by atoms with Crippen LogP contribution in [0.1, 0.15) is 24.4 Å². The third-order valence-corrected chi connectivity index (χ3v) is 7.90. The van der Waals surface area contributed by atoms with Crippen LogP contribution in [-0.2, 0) is 14.6 Å². The van der Waals surface area contributed by atoms with Crippen molar-refractivity contribution < 1.29 is 13.2 Å². The fourth-order valence-electron chi connectivity index (χ4n) is 3.53. The Balaban J connectivity index is 0.000000253. The molecule has 146 valence electrons. The van der Waals surface area contributed by atoms with E-state index in [1.807, 2.05) is 42.1 Å². The second kappa shape index (κ2) is 8.93. The van der Waals surface area contributed by atoms with Crippen LogP contribution in [0.15, 0.2) is 42.7 Å².